The summed E-state index contributed by atoms with van der Waals surface area (Å²) < 4.78 is 11.1. The molecule has 0 aromatic rings. The summed E-state index contributed by atoms with van der Waals surface area (Å²) in [5.74, 6) is 0. The quantitative estimate of drug-likeness (QED) is 0.740. The molecule has 1 aliphatic heterocycles. The maximum Gasteiger partial charge on any atom is 0.0598 e. The van der Waals surface area contributed by atoms with E-state index in [0.717, 1.165) is 19.8 Å². The fourth-order valence-electron chi connectivity index (χ4n) is 2.07. The van der Waals surface area contributed by atoms with Gasteiger partial charge in [0.1, 0.15) is 0 Å². The van der Waals surface area contributed by atoms with E-state index < -0.39 is 0 Å². The van der Waals surface area contributed by atoms with E-state index >= 15 is 0 Å². The SMILES string of the molecule is COCCN1CCC(C)(COC(C)(C)C)CC1. The molecule has 0 bridgehead atoms. The third kappa shape index (κ3) is 5.84. The van der Waals surface area contributed by atoms with Crippen LogP contribution < -0.4 is 0 Å². The van der Waals surface area contributed by atoms with Gasteiger partial charge < -0.3 is 14.4 Å². The van der Waals surface area contributed by atoms with Gasteiger partial charge in [-0.2, -0.15) is 0 Å². The lowest BCUT2D eigenvalue weighted by Gasteiger charge is -2.40. The average Bonchev–Trinajstić information content (AvgIpc) is 2.25. The molecule has 1 heterocycles. The highest BCUT2D eigenvalue weighted by atomic mass is 16.5. The molecule has 1 aliphatic rings. The van der Waals surface area contributed by atoms with Crippen LogP contribution in [0, 0.1) is 5.41 Å². The van der Waals surface area contributed by atoms with Crippen LogP contribution in [0.3, 0.4) is 0 Å². The first-order valence-electron chi connectivity index (χ1n) is 6.70. The number of ether oxygens (including phenoxy) is 2. The van der Waals surface area contributed by atoms with Crippen molar-refractivity contribution in [2.24, 2.45) is 5.41 Å². The maximum absolute atomic E-state index is 5.94. The molecule has 0 aromatic heterocycles. The molecule has 0 amide bonds. The van der Waals surface area contributed by atoms with E-state index in [2.05, 4.69) is 32.6 Å². The molecule has 0 unspecified atom stereocenters. The van der Waals surface area contributed by atoms with E-state index in [0.29, 0.717) is 5.41 Å². The van der Waals surface area contributed by atoms with Crippen LogP contribution >= 0.6 is 0 Å². The predicted octanol–water partition coefficient (Wildman–Crippen LogP) is 2.55. The van der Waals surface area contributed by atoms with Crippen LogP contribution in [0.4, 0.5) is 0 Å². The van der Waals surface area contributed by atoms with Gasteiger partial charge in [-0.25, -0.2) is 0 Å². The Balaban J connectivity index is 2.28. The van der Waals surface area contributed by atoms with E-state index in [1.165, 1.54) is 25.9 Å². The van der Waals surface area contributed by atoms with Crippen molar-refractivity contribution in [2.75, 3.05) is 40.0 Å². The van der Waals surface area contributed by atoms with Crippen molar-refractivity contribution in [3.63, 3.8) is 0 Å². The number of hydrogen-bond donors (Lipinski definition) is 0. The number of methoxy groups -OCH3 is 1. The molecule has 0 radical (unpaired) electrons. The first-order valence-corrected chi connectivity index (χ1v) is 6.70. The number of hydrogen-bond acceptors (Lipinski definition) is 3. The van der Waals surface area contributed by atoms with Crippen LogP contribution in [0.15, 0.2) is 0 Å². The minimum atomic E-state index is -0.0177. The Bertz CT molecular complexity index is 215. The molecule has 3 heteroatoms. The summed E-state index contributed by atoms with van der Waals surface area (Å²) in [5, 5.41) is 0. The van der Waals surface area contributed by atoms with E-state index in [1.54, 1.807) is 7.11 Å². The zero-order valence-corrected chi connectivity index (χ0v) is 12.2. The Labute approximate surface area is 106 Å². The summed E-state index contributed by atoms with van der Waals surface area (Å²) in [6, 6.07) is 0. The fourth-order valence-corrected chi connectivity index (χ4v) is 2.07. The molecule has 0 atom stereocenters. The van der Waals surface area contributed by atoms with Crippen molar-refractivity contribution in [1.29, 1.82) is 0 Å². The topological polar surface area (TPSA) is 21.7 Å². The van der Waals surface area contributed by atoms with Crippen molar-refractivity contribution >= 4 is 0 Å². The molecule has 17 heavy (non-hydrogen) atoms. The van der Waals surface area contributed by atoms with Crippen LogP contribution in [-0.4, -0.2) is 50.5 Å². The first-order chi connectivity index (χ1) is 7.85. The zero-order chi connectivity index (χ0) is 12.9. The third-order valence-electron chi connectivity index (χ3n) is 3.53. The highest BCUT2D eigenvalue weighted by molar-refractivity contribution is 4.83. The molecule has 3 nitrogen and oxygen atoms in total. The Morgan fingerprint density at radius 3 is 2.24 bits per heavy atom. The molecule has 1 rings (SSSR count). The molecule has 102 valence electrons. The summed E-state index contributed by atoms with van der Waals surface area (Å²) in [6.07, 6.45) is 2.46. The van der Waals surface area contributed by atoms with Gasteiger partial charge in [-0.15, -0.1) is 0 Å². The van der Waals surface area contributed by atoms with Gasteiger partial charge in [0.2, 0.25) is 0 Å². The number of likely N-dealkylation sites (tertiary alicyclic amines) is 1. The fraction of sp³-hybridized carbons (Fsp3) is 1.00. The largest absolute Gasteiger partial charge is 0.383 e. The Hall–Kier alpha value is -0.120. The second-order valence-corrected chi connectivity index (χ2v) is 6.55. The van der Waals surface area contributed by atoms with Crippen LogP contribution in [0.5, 0.6) is 0 Å². The van der Waals surface area contributed by atoms with Gasteiger partial charge in [0.25, 0.3) is 0 Å². The number of piperidine rings is 1. The zero-order valence-electron chi connectivity index (χ0n) is 12.2. The molecule has 1 saturated heterocycles. The molecular formula is C14H29NO2. The highest BCUT2D eigenvalue weighted by Gasteiger charge is 2.31. The third-order valence-corrected chi connectivity index (χ3v) is 3.53. The van der Waals surface area contributed by atoms with Gasteiger partial charge >= 0.3 is 0 Å². The summed E-state index contributed by atoms with van der Waals surface area (Å²) >= 11 is 0. The lowest BCUT2D eigenvalue weighted by molar-refractivity contribution is -0.0651. The molecule has 0 N–H and O–H groups in total. The monoisotopic (exact) mass is 243 g/mol. The number of rotatable bonds is 5. The van der Waals surface area contributed by atoms with Crippen LogP contribution in [-0.2, 0) is 9.47 Å². The van der Waals surface area contributed by atoms with Crippen molar-refractivity contribution in [1.82, 2.24) is 4.90 Å². The van der Waals surface area contributed by atoms with E-state index in [9.17, 15) is 0 Å². The average molecular weight is 243 g/mol. The maximum atomic E-state index is 5.94. The Kier molecular flexibility index (Phi) is 5.42. The van der Waals surface area contributed by atoms with E-state index in [-0.39, 0.29) is 5.60 Å². The van der Waals surface area contributed by atoms with Crippen LogP contribution in [0.25, 0.3) is 0 Å². The van der Waals surface area contributed by atoms with Gasteiger partial charge in [-0.05, 0) is 52.1 Å². The van der Waals surface area contributed by atoms with Crippen LogP contribution in [0.1, 0.15) is 40.5 Å². The normalized spacial score (nSPS) is 21.7. The Morgan fingerprint density at radius 1 is 1.18 bits per heavy atom. The first kappa shape index (κ1) is 14.9. The van der Waals surface area contributed by atoms with Crippen molar-refractivity contribution in [3.8, 4) is 0 Å². The van der Waals surface area contributed by atoms with Gasteiger partial charge in [0.05, 0.1) is 18.8 Å². The van der Waals surface area contributed by atoms with Gasteiger partial charge in [0, 0.05) is 13.7 Å². The summed E-state index contributed by atoms with van der Waals surface area (Å²) in [7, 11) is 1.77. The second-order valence-electron chi connectivity index (χ2n) is 6.55. The molecule has 0 aromatic carbocycles. The smallest absolute Gasteiger partial charge is 0.0598 e. The van der Waals surface area contributed by atoms with E-state index in [1.807, 2.05) is 0 Å². The lowest BCUT2D eigenvalue weighted by Crippen LogP contribution is -2.43. The molecule has 0 spiro atoms. The van der Waals surface area contributed by atoms with Crippen molar-refractivity contribution < 1.29 is 9.47 Å². The minimum absolute atomic E-state index is 0.0177. The van der Waals surface area contributed by atoms with Crippen LogP contribution in [0.2, 0.25) is 0 Å². The molecule has 0 saturated carbocycles. The Morgan fingerprint density at radius 2 is 1.76 bits per heavy atom. The van der Waals surface area contributed by atoms with Gasteiger partial charge in [-0.1, -0.05) is 6.92 Å². The van der Waals surface area contributed by atoms with Crippen molar-refractivity contribution in [2.45, 2.75) is 46.1 Å². The minimum Gasteiger partial charge on any atom is -0.383 e. The van der Waals surface area contributed by atoms with E-state index in [4.69, 9.17) is 9.47 Å². The molecular weight excluding hydrogens is 214 g/mol. The second kappa shape index (κ2) is 6.17. The summed E-state index contributed by atoms with van der Waals surface area (Å²) in [5.41, 5.74) is 0.340. The van der Waals surface area contributed by atoms with Gasteiger partial charge in [-0.3, -0.25) is 0 Å². The summed E-state index contributed by atoms with van der Waals surface area (Å²) in [6.45, 7) is 13.9. The predicted molar refractivity (Wildman–Crippen MR) is 71.4 cm³/mol. The van der Waals surface area contributed by atoms with Gasteiger partial charge in [0.15, 0.2) is 0 Å². The van der Waals surface area contributed by atoms with Crippen molar-refractivity contribution in [3.05, 3.63) is 0 Å². The standard InChI is InChI=1S/C14H29NO2/c1-13(2,3)17-12-14(4)6-8-15(9-7-14)10-11-16-5/h6-12H2,1-5H3. The lowest BCUT2D eigenvalue weighted by atomic mass is 9.81. The highest BCUT2D eigenvalue weighted by Crippen LogP contribution is 2.32. The molecule has 0 aliphatic carbocycles. The number of nitrogens with zero attached hydrogens (tertiary/aromatic N) is 1. The molecule has 1 fully saturated rings. The summed E-state index contributed by atoms with van der Waals surface area (Å²) in [4.78, 5) is 2.49.